The minimum Gasteiger partial charge on any atom is -0.756 e. The number of carbonyl (C=O) groups is 1. The number of phosphoric ester groups is 1. The lowest BCUT2D eigenvalue weighted by molar-refractivity contribution is -0.870. The zero-order valence-electron chi connectivity index (χ0n) is 55.5. The Morgan fingerprint density at radius 1 is 0.415 bits per heavy atom. The average Bonchev–Trinajstić information content (AvgIpc) is 3.47. The Morgan fingerprint density at radius 3 is 0.988 bits per heavy atom. The van der Waals surface area contributed by atoms with E-state index in [9.17, 15) is 19.4 Å². The molecule has 3 atom stereocenters. The highest BCUT2D eigenvalue weighted by Gasteiger charge is 2.23. The van der Waals surface area contributed by atoms with Crippen molar-refractivity contribution in [3.8, 4) is 0 Å². The van der Waals surface area contributed by atoms with E-state index in [1.807, 2.05) is 27.2 Å². The maximum Gasteiger partial charge on any atom is 0.268 e. The van der Waals surface area contributed by atoms with E-state index in [0.29, 0.717) is 17.4 Å². The fraction of sp³-hybridized carbons (Fsp3) is 0.877. The summed E-state index contributed by atoms with van der Waals surface area (Å²) in [6.07, 6.45) is 86.9. The maximum absolute atomic E-state index is 13.0. The molecule has 8 nitrogen and oxygen atoms in total. The third-order valence-corrected chi connectivity index (χ3v) is 17.5. The van der Waals surface area contributed by atoms with Gasteiger partial charge in [0, 0.05) is 6.42 Å². The van der Waals surface area contributed by atoms with Crippen LogP contribution in [0.1, 0.15) is 361 Å². The number of hydrogen-bond acceptors (Lipinski definition) is 6. The normalized spacial score (nSPS) is 13.9. The molecule has 0 heterocycles. The summed E-state index contributed by atoms with van der Waals surface area (Å²) in [6, 6.07) is -0.911. The van der Waals surface area contributed by atoms with E-state index in [-0.39, 0.29) is 12.5 Å². The minimum atomic E-state index is -4.62. The number of carbonyl (C=O) groups excluding carboxylic acids is 1. The Hall–Kier alpha value is -1.54. The van der Waals surface area contributed by atoms with Crippen LogP contribution in [-0.4, -0.2) is 68.5 Å². The van der Waals surface area contributed by atoms with Gasteiger partial charge in [-0.2, -0.15) is 0 Å². The van der Waals surface area contributed by atoms with Crippen LogP contribution in [0.5, 0.6) is 0 Å². The van der Waals surface area contributed by atoms with Gasteiger partial charge >= 0.3 is 0 Å². The van der Waals surface area contributed by atoms with Crippen LogP contribution in [0.2, 0.25) is 0 Å². The molecule has 484 valence electrons. The number of likely N-dealkylation sites (N-methyl/N-ethyl adjacent to an activating group) is 1. The Labute approximate surface area is 511 Å². The van der Waals surface area contributed by atoms with Gasteiger partial charge in [-0.05, 0) is 70.6 Å². The molecule has 0 saturated carbocycles. The second-order valence-corrected chi connectivity index (χ2v) is 27.3. The van der Waals surface area contributed by atoms with Gasteiger partial charge in [0.2, 0.25) is 5.91 Å². The summed E-state index contributed by atoms with van der Waals surface area (Å²) < 4.78 is 23.4. The van der Waals surface area contributed by atoms with Crippen molar-refractivity contribution in [1.82, 2.24) is 5.32 Å². The summed E-state index contributed by atoms with van der Waals surface area (Å²) in [7, 11) is 1.25. The molecule has 0 rings (SSSR count). The zero-order valence-corrected chi connectivity index (χ0v) is 56.4. The first-order valence-electron chi connectivity index (χ1n) is 36.0. The second-order valence-electron chi connectivity index (χ2n) is 25.9. The van der Waals surface area contributed by atoms with Gasteiger partial charge in [0.15, 0.2) is 0 Å². The fourth-order valence-corrected chi connectivity index (χ4v) is 11.6. The van der Waals surface area contributed by atoms with Crippen LogP contribution >= 0.6 is 7.82 Å². The Morgan fingerprint density at radius 2 is 0.683 bits per heavy atom. The summed E-state index contributed by atoms with van der Waals surface area (Å²) in [6.45, 7) is 4.67. The van der Waals surface area contributed by atoms with Crippen molar-refractivity contribution in [2.45, 2.75) is 373 Å². The SMILES string of the molecule is CCCCCCCCCCCCCCC/C=C/CC/C=C/CC/C=C/C(O)C(COP(=O)([O-])OCC[N+](C)(C)C)NC(=O)CCCCCCCCCCCCCCCCCCC/C=C\CCCCCCCCCCCCCCCCCC. The van der Waals surface area contributed by atoms with Crippen LogP contribution in [0.15, 0.2) is 48.6 Å². The number of quaternary nitrogens is 1. The quantitative estimate of drug-likeness (QED) is 0.0272. The summed E-state index contributed by atoms with van der Waals surface area (Å²) in [4.78, 5) is 25.6. The van der Waals surface area contributed by atoms with E-state index in [1.54, 1.807) is 6.08 Å². The van der Waals surface area contributed by atoms with Crippen molar-refractivity contribution in [3.63, 3.8) is 0 Å². The predicted octanol–water partition coefficient (Wildman–Crippen LogP) is 22.4. The monoisotopic (exact) mass is 1170 g/mol. The standard InChI is InChI=1S/C73H141N2O6P/c1-6-8-10-12-14-16-18-20-22-24-26-28-30-31-32-33-34-35-36-37-38-39-40-41-42-43-45-47-49-51-53-55-57-59-61-63-65-67-73(77)74-71(70-81-82(78,79)80-69-68-75(3,4)5)72(76)66-64-62-60-58-56-54-52-50-48-46-44-29-27-25-23-21-19-17-15-13-11-9-7-2/h35-36,48,50,56,58,64,66,71-72,76H,6-34,37-47,49,51-55,57,59-63,65,67-70H2,1-5H3,(H-,74,77,78,79)/b36-35-,50-48+,58-56+,66-64+. The van der Waals surface area contributed by atoms with Crippen molar-refractivity contribution in [2.24, 2.45) is 0 Å². The number of unbranched alkanes of at least 4 members (excludes halogenated alkanes) is 48. The first-order valence-corrected chi connectivity index (χ1v) is 37.5. The predicted molar refractivity (Wildman–Crippen MR) is 358 cm³/mol. The highest BCUT2D eigenvalue weighted by atomic mass is 31.2. The molecule has 0 spiro atoms. The molecule has 9 heteroatoms. The average molecular weight is 1170 g/mol. The number of rotatable bonds is 67. The van der Waals surface area contributed by atoms with Gasteiger partial charge in [-0.3, -0.25) is 9.36 Å². The number of phosphoric acid groups is 1. The van der Waals surface area contributed by atoms with E-state index >= 15 is 0 Å². The van der Waals surface area contributed by atoms with E-state index in [2.05, 4.69) is 55.6 Å². The van der Waals surface area contributed by atoms with Gasteiger partial charge in [0.25, 0.3) is 7.82 Å². The molecule has 0 aliphatic heterocycles. The lowest BCUT2D eigenvalue weighted by Crippen LogP contribution is -2.45. The van der Waals surface area contributed by atoms with Crippen LogP contribution in [-0.2, 0) is 18.4 Å². The number of aliphatic hydroxyl groups excluding tert-OH is 1. The molecular weight excluding hydrogens is 1030 g/mol. The molecule has 0 radical (unpaired) electrons. The van der Waals surface area contributed by atoms with Crippen LogP contribution in [0.4, 0.5) is 0 Å². The number of hydrogen-bond donors (Lipinski definition) is 2. The van der Waals surface area contributed by atoms with Gasteiger partial charge in [-0.1, -0.05) is 332 Å². The van der Waals surface area contributed by atoms with Gasteiger partial charge in [-0.25, -0.2) is 0 Å². The van der Waals surface area contributed by atoms with Crippen molar-refractivity contribution in [2.75, 3.05) is 40.9 Å². The molecule has 0 bridgehead atoms. The molecule has 1 amide bonds. The fourth-order valence-electron chi connectivity index (χ4n) is 10.9. The van der Waals surface area contributed by atoms with Crippen molar-refractivity contribution in [3.05, 3.63) is 48.6 Å². The lowest BCUT2D eigenvalue weighted by Gasteiger charge is -2.29. The minimum absolute atomic E-state index is 0.00833. The van der Waals surface area contributed by atoms with E-state index in [1.165, 1.54) is 295 Å². The zero-order chi connectivity index (χ0) is 59.8. The largest absolute Gasteiger partial charge is 0.756 e. The number of nitrogens with zero attached hydrogens (tertiary/aromatic N) is 1. The first kappa shape index (κ1) is 80.5. The van der Waals surface area contributed by atoms with Crippen molar-refractivity contribution in [1.29, 1.82) is 0 Å². The molecule has 0 saturated heterocycles. The molecule has 2 N–H and O–H groups in total. The summed E-state index contributed by atoms with van der Waals surface area (Å²) in [5.74, 6) is -0.206. The Balaban J connectivity index is 4.02. The van der Waals surface area contributed by atoms with Crippen molar-refractivity contribution < 1.29 is 32.9 Å². The third kappa shape index (κ3) is 66.0. The van der Waals surface area contributed by atoms with Gasteiger partial charge in [0.1, 0.15) is 13.2 Å². The molecule has 0 aliphatic carbocycles. The summed E-state index contributed by atoms with van der Waals surface area (Å²) in [5.41, 5.74) is 0. The van der Waals surface area contributed by atoms with E-state index in [4.69, 9.17) is 9.05 Å². The number of nitrogens with one attached hydrogen (secondary N) is 1. The third-order valence-electron chi connectivity index (χ3n) is 16.5. The van der Waals surface area contributed by atoms with Crippen LogP contribution < -0.4 is 10.2 Å². The maximum atomic E-state index is 13.0. The smallest absolute Gasteiger partial charge is 0.268 e. The highest BCUT2D eigenvalue weighted by molar-refractivity contribution is 7.45. The number of allylic oxidation sites excluding steroid dienone is 7. The molecular formula is C73H141N2O6P. The van der Waals surface area contributed by atoms with E-state index in [0.717, 1.165) is 44.9 Å². The number of amides is 1. The first-order chi connectivity index (χ1) is 40.0. The molecule has 0 fully saturated rings. The van der Waals surface area contributed by atoms with Gasteiger partial charge in [0.05, 0.1) is 39.9 Å². The number of aliphatic hydroxyl groups is 1. The second kappa shape index (κ2) is 63.9. The Bertz CT molecular complexity index is 1480. The summed E-state index contributed by atoms with van der Waals surface area (Å²) >= 11 is 0. The molecule has 82 heavy (non-hydrogen) atoms. The lowest BCUT2D eigenvalue weighted by atomic mass is 10.0. The topological polar surface area (TPSA) is 108 Å². The highest BCUT2D eigenvalue weighted by Crippen LogP contribution is 2.38. The Kier molecular flexibility index (Phi) is 62.7. The molecule has 3 unspecified atom stereocenters. The van der Waals surface area contributed by atoms with Crippen LogP contribution in [0, 0.1) is 0 Å². The molecule has 0 aromatic rings. The van der Waals surface area contributed by atoms with Crippen molar-refractivity contribution >= 4 is 13.7 Å². The van der Waals surface area contributed by atoms with E-state index < -0.39 is 26.6 Å². The summed E-state index contributed by atoms with van der Waals surface area (Å²) in [5, 5.41) is 13.9. The molecule has 0 aromatic heterocycles. The van der Waals surface area contributed by atoms with Gasteiger partial charge < -0.3 is 28.8 Å². The molecule has 0 aliphatic rings. The van der Waals surface area contributed by atoms with Crippen LogP contribution in [0.25, 0.3) is 0 Å². The van der Waals surface area contributed by atoms with Crippen LogP contribution in [0.3, 0.4) is 0 Å². The van der Waals surface area contributed by atoms with Gasteiger partial charge in [-0.15, -0.1) is 0 Å². The molecule has 0 aromatic carbocycles.